The number of amides is 1. The number of ether oxygens (including phenoxy) is 1. The van der Waals surface area contributed by atoms with E-state index in [4.69, 9.17) is 16.3 Å². The number of nitro groups is 1. The number of H-pyrrole nitrogens is 1. The maximum absolute atomic E-state index is 11.9. The van der Waals surface area contributed by atoms with Crippen LogP contribution in [0.15, 0.2) is 12.3 Å². The number of hydrogen-bond acceptors (Lipinski definition) is 4. The first kappa shape index (κ1) is 14.5. The summed E-state index contributed by atoms with van der Waals surface area (Å²) in [6.07, 6.45) is 1.18. The third-order valence-electron chi connectivity index (χ3n) is 2.28. The van der Waals surface area contributed by atoms with Crippen molar-refractivity contribution in [1.82, 2.24) is 9.88 Å². The average Bonchev–Trinajstić information content (AvgIpc) is 2.77. The minimum Gasteiger partial charge on any atom is -0.383 e. The Morgan fingerprint density at radius 2 is 2.39 bits per heavy atom. The second-order valence-corrected chi connectivity index (χ2v) is 4.38. The Labute approximate surface area is 109 Å². The van der Waals surface area contributed by atoms with Crippen molar-refractivity contribution in [3.8, 4) is 0 Å². The second-order valence-electron chi connectivity index (χ2n) is 3.77. The first-order valence-electron chi connectivity index (χ1n) is 5.17. The van der Waals surface area contributed by atoms with Gasteiger partial charge >= 0.3 is 0 Å². The molecule has 0 bridgehead atoms. The molecule has 0 saturated carbocycles. The van der Waals surface area contributed by atoms with Crippen molar-refractivity contribution in [3.05, 3.63) is 28.1 Å². The van der Waals surface area contributed by atoms with Crippen LogP contribution in [-0.4, -0.2) is 53.4 Å². The lowest BCUT2D eigenvalue weighted by molar-refractivity contribution is -0.384. The van der Waals surface area contributed by atoms with E-state index >= 15 is 0 Å². The predicted octanol–water partition coefficient (Wildman–Crippen LogP) is 1.25. The Kier molecular flexibility index (Phi) is 5.11. The zero-order chi connectivity index (χ0) is 13.7. The van der Waals surface area contributed by atoms with E-state index in [-0.39, 0.29) is 22.7 Å². The third kappa shape index (κ3) is 3.71. The summed E-state index contributed by atoms with van der Waals surface area (Å²) in [6.45, 7) is 0.616. The van der Waals surface area contributed by atoms with E-state index in [2.05, 4.69) is 4.98 Å². The van der Waals surface area contributed by atoms with Gasteiger partial charge < -0.3 is 14.6 Å². The quantitative estimate of drug-likeness (QED) is 0.481. The fourth-order valence-corrected chi connectivity index (χ4v) is 1.76. The summed E-state index contributed by atoms with van der Waals surface area (Å²) in [5.74, 6) is -0.357. The Balaban J connectivity index is 2.65. The number of nitrogens with zero attached hydrogens (tertiary/aromatic N) is 2. The van der Waals surface area contributed by atoms with Crippen molar-refractivity contribution in [3.63, 3.8) is 0 Å². The van der Waals surface area contributed by atoms with Crippen molar-refractivity contribution in [2.24, 2.45) is 0 Å². The zero-order valence-electron chi connectivity index (χ0n) is 10.1. The Morgan fingerprint density at radius 1 is 1.72 bits per heavy atom. The van der Waals surface area contributed by atoms with Crippen LogP contribution in [0.3, 0.4) is 0 Å². The minimum atomic E-state index is -0.567. The van der Waals surface area contributed by atoms with Crippen molar-refractivity contribution in [2.75, 3.05) is 27.3 Å². The van der Waals surface area contributed by atoms with Gasteiger partial charge in [0.15, 0.2) is 0 Å². The van der Waals surface area contributed by atoms with Gasteiger partial charge in [-0.25, -0.2) is 0 Å². The standard InChI is InChI=1S/C10H14ClN3O4/c1-13(5-7(11)6-18-2)10(15)9-3-8(4-12-9)14(16)17/h3-4,7,12H,5-6H2,1-2H3. The normalized spacial score (nSPS) is 12.2. The molecular weight excluding hydrogens is 262 g/mol. The molecule has 1 aromatic rings. The second kappa shape index (κ2) is 6.36. The van der Waals surface area contributed by atoms with Crippen LogP contribution in [0, 0.1) is 10.1 Å². The Morgan fingerprint density at radius 3 is 2.89 bits per heavy atom. The SMILES string of the molecule is COCC(Cl)CN(C)C(=O)c1cc([N+](=O)[O-])c[nH]1. The minimum absolute atomic E-state index is 0.147. The molecule has 0 aliphatic rings. The van der Waals surface area contributed by atoms with Gasteiger partial charge in [-0.05, 0) is 0 Å². The number of carbonyl (C=O) groups excluding carboxylic acids is 1. The maximum atomic E-state index is 11.9. The molecular formula is C10H14ClN3O4. The number of alkyl halides is 1. The molecule has 0 aliphatic heterocycles. The highest BCUT2D eigenvalue weighted by Gasteiger charge is 2.19. The maximum Gasteiger partial charge on any atom is 0.287 e. The number of aromatic nitrogens is 1. The molecule has 1 unspecified atom stereocenters. The van der Waals surface area contributed by atoms with Gasteiger partial charge in [0, 0.05) is 26.8 Å². The number of aromatic amines is 1. The highest BCUT2D eigenvalue weighted by Crippen LogP contribution is 2.14. The molecule has 1 atom stereocenters. The number of methoxy groups -OCH3 is 1. The van der Waals surface area contributed by atoms with Crippen LogP contribution < -0.4 is 0 Å². The summed E-state index contributed by atoms with van der Waals surface area (Å²) in [6, 6.07) is 1.19. The molecule has 100 valence electrons. The van der Waals surface area contributed by atoms with E-state index in [9.17, 15) is 14.9 Å². The molecule has 0 saturated heterocycles. The van der Waals surface area contributed by atoms with Gasteiger partial charge in [0.1, 0.15) is 5.69 Å². The highest BCUT2D eigenvalue weighted by molar-refractivity contribution is 6.21. The molecule has 18 heavy (non-hydrogen) atoms. The molecule has 1 aromatic heterocycles. The van der Waals surface area contributed by atoms with E-state index in [0.29, 0.717) is 13.2 Å². The monoisotopic (exact) mass is 275 g/mol. The topological polar surface area (TPSA) is 88.5 Å². The third-order valence-corrected chi connectivity index (χ3v) is 2.54. The molecule has 1 amide bonds. The summed E-state index contributed by atoms with van der Waals surface area (Å²) in [5, 5.41) is 10.2. The van der Waals surface area contributed by atoms with E-state index in [0.717, 1.165) is 0 Å². The highest BCUT2D eigenvalue weighted by atomic mass is 35.5. The summed E-state index contributed by atoms with van der Waals surface area (Å²) in [4.78, 5) is 25.8. The Bertz CT molecular complexity index is 435. The van der Waals surface area contributed by atoms with Crippen molar-refractivity contribution in [1.29, 1.82) is 0 Å². The molecule has 1 N–H and O–H groups in total. The van der Waals surface area contributed by atoms with Gasteiger partial charge in [-0.2, -0.15) is 0 Å². The molecule has 1 rings (SSSR count). The Hall–Kier alpha value is -1.60. The van der Waals surface area contributed by atoms with E-state index in [1.807, 2.05) is 0 Å². The number of rotatable bonds is 6. The molecule has 0 fully saturated rings. The first-order valence-corrected chi connectivity index (χ1v) is 5.60. The van der Waals surface area contributed by atoms with Gasteiger partial charge in [0.25, 0.3) is 11.6 Å². The van der Waals surface area contributed by atoms with Crippen molar-refractivity contribution in [2.45, 2.75) is 5.38 Å². The van der Waals surface area contributed by atoms with E-state index in [1.54, 1.807) is 7.05 Å². The summed E-state index contributed by atoms with van der Waals surface area (Å²) in [5.41, 5.74) is 0.0107. The van der Waals surface area contributed by atoms with Gasteiger partial charge in [-0.15, -0.1) is 11.6 Å². The van der Waals surface area contributed by atoms with Gasteiger partial charge in [-0.1, -0.05) is 0 Å². The molecule has 8 heteroatoms. The number of hydrogen-bond donors (Lipinski definition) is 1. The van der Waals surface area contributed by atoms with Crippen LogP contribution in [0.2, 0.25) is 0 Å². The number of halogens is 1. The fourth-order valence-electron chi connectivity index (χ4n) is 1.43. The molecule has 0 aliphatic carbocycles. The summed E-state index contributed by atoms with van der Waals surface area (Å²) >= 11 is 5.93. The summed E-state index contributed by atoms with van der Waals surface area (Å²) < 4.78 is 4.86. The van der Waals surface area contributed by atoms with Gasteiger partial charge in [0.05, 0.1) is 23.1 Å². The lowest BCUT2D eigenvalue weighted by Crippen LogP contribution is -2.34. The predicted molar refractivity (Wildman–Crippen MR) is 65.9 cm³/mol. The van der Waals surface area contributed by atoms with E-state index in [1.165, 1.54) is 24.3 Å². The molecule has 7 nitrogen and oxygen atoms in total. The lowest BCUT2D eigenvalue weighted by Gasteiger charge is -2.19. The van der Waals surface area contributed by atoms with Crippen LogP contribution in [0.1, 0.15) is 10.5 Å². The molecule has 0 spiro atoms. The van der Waals surface area contributed by atoms with Crippen molar-refractivity contribution >= 4 is 23.2 Å². The average molecular weight is 276 g/mol. The fraction of sp³-hybridized carbons (Fsp3) is 0.500. The van der Waals surface area contributed by atoms with E-state index < -0.39 is 4.92 Å². The first-order chi connectivity index (χ1) is 8.45. The van der Waals surface area contributed by atoms with Gasteiger partial charge in [0.2, 0.25) is 0 Å². The smallest absolute Gasteiger partial charge is 0.287 e. The largest absolute Gasteiger partial charge is 0.383 e. The number of nitrogens with one attached hydrogen (secondary N) is 1. The van der Waals surface area contributed by atoms with Crippen LogP contribution in [-0.2, 0) is 4.74 Å². The zero-order valence-corrected chi connectivity index (χ0v) is 10.8. The molecule has 1 heterocycles. The van der Waals surface area contributed by atoms with Crippen molar-refractivity contribution < 1.29 is 14.5 Å². The van der Waals surface area contributed by atoms with Crippen LogP contribution >= 0.6 is 11.6 Å². The molecule has 0 aromatic carbocycles. The molecule has 0 radical (unpaired) electrons. The van der Waals surface area contributed by atoms with Crippen LogP contribution in [0.5, 0.6) is 0 Å². The van der Waals surface area contributed by atoms with Gasteiger partial charge in [-0.3, -0.25) is 14.9 Å². The number of carbonyl (C=O) groups is 1. The summed E-state index contributed by atoms with van der Waals surface area (Å²) in [7, 11) is 3.09. The van der Waals surface area contributed by atoms with Crippen LogP contribution in [0.4, 0.5) is 5.69 Å². The lowest BCUT2D eigenvalue weighted by atomic mass is 10.3. The van der Waals surface area contributed by atoms with Crippen LogP contribution in [0.25, 0.3) is 0 Å².